The van der Waals surface area contributed by atoms with Gasteiger partial charge in [-0.2, -0.15) is 0 Å². The van der Waals surface area contributed by atoms with Crippen molar-refractivity contribution in [1.29, 1.82) is 0 Å². The molecule has 0 aromatic heterocycles. The minimum absolute atomic E-state index is 0.264. The number of aliphatic carboxylic acids is 1. The van der Waals surface area contributed by atoms with Crippen molar-refractivity contribution in [1.82, 2.24) is 4.90 Å². The summed E-state index contributed by atoms with van der Waals surface area (Å²) in [5.41, 5.74) is 1.08. The lowest BCUT2D eigenvalue weighted by atomic mass is 9.93. The van der Waals surface area contributed by atoms with Crippen LogP contribution in [-0.4, -0.2) is 35.7 Å². The van der Waals surface area contributed by atoms with Gasteiger partial charge in [0.1, 0.15) is 5.75 Å². The molecule has 1 aromatic rings. The average Bonchev–Trinajstić information content (AvgIpc) is 2.41. The van der Waals surface area contributed by atoms with Gasteiger partial charge in [0, 0.05) is 19.1 Å². The number of piperidine rings is 1. The van der Waals surface area contributed by atoms with Crippen molar-refractivity contribution in [3.05, 3.63) is 28.8 Å². The molecular weight excluding hydrogens is 278 g/mol. The van der Waals surface area contributed by atoms with Crippen LogP contribution >= 0.6 is 11.6 Å². The SMILES string of the molecule is COc1ccc(CN2CC(C(=O)O)CCC2C)cc1Cl. The number of benzene rings is 1. The van der Waals surface area contributed by atoms with Crippen LogP contribution in [0.1, 0.15) is 25.3 Å². The van der Waals surface area contributed by atoms with Crippen molar-refractivity contribution in [3.8, 4) is 5.75 Å². The first kappa shape index (κ1) is 15.1. The number of carbonyl (C=O) groups is 1. The van der Waals surface area contributed by atoms with Crippen molar-refractivity contribution in [2.75, 3.05) is 13.7 Å². The summed E-state index contributed by atoms with van der Waals surface area (Å²) in [5.74, 6) is -0.305. The fourth-order valence-corrected chi connectivity index (χ4v) is 2.92. The lowest BCUT2D eigenvalue weighted by Crippen LogP contribution is -2.43. The summed E-state index contributed by atoms with van der Waals surface area (Å²) < 4.78 is 5.14. The number of carboxylic acid groups (broad SMARTS) is 1. The third-order valence-electron chi connectivity index (χ3n) is 3.96. The topological polar surface area (TPSA) is 49.8 Å². The van der Waals surface area contributed by atoms with E-state index in [4.69, 9.17) is 21.4 Å². The number of hydrogen-bond donors (Lipinski definition) is 1. The van der Waals surface area contributed by atoms with Gasteiger partial charge in [-0.3, -0.25) is 9.69 Å². The van der Waals surface area contributed by atoms with E-state index < -0.39 is 5.97 Å². The van der Waals surface area contributed by atoms with Gasteiger partial charge in [0.15, 0.2) is 0 Å². The van der Waals surface area contributed by atoms with Gasteiger partial charge in [-0.15, -0.1) is 0 Å². The maximum Gasteiger partial charge on any atom is 0.307 e. The Morgan fingerprint density at radius 1 is 1.50 bits per heavy atom. The van der Waals surface area contributed by atoms with Crippen LogP contribution in [0, 0.1) is 5.92 Å². The van der Waals surface area contributed by atoms with Crippen molar-refractivity contribution < 1.29 is 14.6 Å². The Bertz CT molecular complexity index is 492. The van der Waals surface area contributed by atoms with Crippen LogP contribution in [0.2, 0.25) is 5.02 Å². The van der Waals surface area contributed by atoms with E-state index in [0.29, 0.717) is 29.9 Å². The molecule has 2 atom stereocenters. The fourth-order valence-electron chi connectivity index (χ4n) is 2.64. The summed E-state index contributed by atoms with van der Waals surface area (Å²) in [6.45, 7) is 3.46. The Labute approximate surface area is 124 Å². The highest BCUT2D eigenvalue weighted by Gasteiger charge is 2.29. The van der Waals surface area contributed by atoms with E-state index in [-0.39, 0.29) is 5.92 Å². The molecule has 0 radical (unpaired) electrons. The van der Waals surface area contributed by atoms with Gasteiger partial charge < -0.3 is 9.84 Å². The molecule has 20 heavy (non-hydrogen) atoms. The Kier molecular flexibility index (Phi) is 4.89. The van der Waals surface area contributed by atoms with E-state index in [1.807, 2.05) is 18.2 Å². The lowest BCUT2D eigenvalue weighted by molar-refractivity contribution is -0.144. The lowest BCUT2D eigenvalue weighted by Gasteiger charge is -2.36. The van der Waals surface area contributed by atoms with Gasteiger partial charge in [-0.05, 0) is 37.5 Å². The van der Waals surface area contributed by atoms with Crippen molar-refractivity contribution in [2.24, 2.45) is 5.92 Å². The maximum absolute atomic E-state index is 11.1. The zero-order valence-electron chi connectivity index (χ0n) is 11.8. The van der Waals surface area contributed by atoms with Crippen LogP contribution in [0.25, 0.3) is 0 Å². The second-order valence-corrected chi connectivity index (χ2v) is 5.77. The number of likely N-dealkylation sites (tertiary alicyclic amines) is 1. The van der Waals surface area contributed by atoms with Gasteiger partial charge in [0.05, 0.1) is 18.1 Å². The molecule has 1 aliphatic heterocycles. The molecule has 1 aromatic carbocycles. The minimum Gasteiger partial charge on any atom is -0.495 e. The van der Waals surface area contributed by atoms with E-state index in [1.54, 1.807) is 7.11 Å². The van der Waals surface area contributed by atoms with E-state index in [9.17, 15) is 4.79 Å². The van der Waals surface area contributed by atoms with Crippen molar-refractivity contribution >= 4 is 17.6 Å². The molecule has 1 heterocycles. The molecule has 110 valence electrons. The molecule has 2 rings (SSSR count). The van der Waals surface area contributed by atoms with Gasteiger partial charge >= 0.3 is 5.97 Å². The minimum atomic E-state index is -0.699. The normalized spacial score (nSPS) is 23.6. The molecule has 1 aliphatic rings. The highest BCUT2D eigenvalue weighted by Crippen LogP contribution is 2.28. The van der Waals surface area contributed by atoms with Gasteiger partial charge in [0.25, 0.3) is 0 Å². The number of rotatable bonds is 4. The van der Waals surface area contributed by atoms with Gasteiger partial charge in [-0.1, -0.05) is 17.7 Å². The monoisotopic (exact) mass is 297 g/mol. The van der Waals surface area contributed by atoms with Crippen LogP contribution in [0.15, 0.2) is 18.2 Å². The van der Waals surface area contributed by atoms with Crippen LogP contribution in [0.3, 0.4) is 0 Å². The number of methoxy groups -OCH3 is 1. The maximum atomic E-state index is 11.1. The van der Waals surface area contributed by atoms with E-state index in [2.05, 4.69) is 11.8 Å². The Morgan fingerprint density at radius 3 is 2.85 bits per heavy atom. The summed E-state index contributed by atoms with van der Waals surface area (Å²) in [5, 5.41) is 9.74. The first-order valence-electron chi connectivity index (χ1n) is 6.80. The smallest absolute Gasteiger partial charge is 0.307 e. The molecule has 0 saturated carbocycles. The third-order valence-corrected chi connectivity index (χ3v) is 4.26. The molecule has 0 aliphatic carbocycles. The Hall–Kier alpha value is -1.26. The Balaban J connectivity index is 2.07. The summed E-state index contributed by atoms with van der Waals surface area (Å²) in [6.07, 6.45) is 1.68. The molecule has 1 N–H and O–H groups in total. The molecule has 0 amide bonds. The highest BCUT2D eigenvalue weighted by molar-refractivity contribution is 6.32. The van der Waals surface area contributed by atoms with E-state index >= 15 is 0 Å². The first-order valence-corrected chi connectivity index (χ1v) is 7.18. The zero-order valence-corrected chi connectivity index (χ0v) is 12.6. The number of halogens is 1. The van der Waals surface area contributed by atoms with Crippen LogP contribution in [-0.2, 0) is 11.3 Å². The van der Waals surface area contributed by atoms with Gasteiger partial charge in [0.2, 0.25) is 0 Å². The number of ether oxygens (including phenoxy) is 1. The predicted molar refractivity (Wildman–Crippen MR) is 78.2 cm³/mol. The van der Waals surface area contributed by atoms with Crippen LogP contribution in [0.5, 0.6) is 5.75 Å². The molecular formula is C15H20ClNO3. The molecule has 1 fully saturated rings. The quantitative estimate of drug-likeness (QED) is 0.928. The largest absolute Gasteiger partial charge is 0.495 e. The second kappa shape index (κ2) is 6.46. The highest BCUT2D eigenvalue weighted by atomic mass is 35.5. The number of nitrogens with zero attached hydrogens (tertiary/aromatic N) is 1. The van der Waals surface area contributed by atoms with Crippen LogP contribution in [0.4, 0.5) is 0 Å². The zero-order chi connectivity index (χ0) is 14.7. The van der Waals surface area contributed by atoms with Crippen molar-refractivity contribution in [3.63, 3.8) is 0 Å². The predicted octanol–water partition coefficient (Wildman–Crippen LogP) is 3.03. The van der Waals surface area contributed by atoms with Crippen LogP contribution < -0.4 is 4.74 Å². The van der Waals surface area contributed by atoms with E-state index in [1.165, 1.54) is 0 Å². The molecule has 0 spiro atoms. The fraction of sp³-hybridized carbons (Fsp3) is 0.533. The Morgan fingerprint density at radius 2 is 2.25 bits per heavy atom. The summed E-state index contributed by atoms with van der Waals surface area (Å²) >= 11 is 6.13. The standard InChI is InChI=1S/C15H20ClNO3/c1-10-3-5-12(15(18)19)9-17(10)8-11-4-6-14(20-2)13(16)7-11/h4,6-7,10,12H,3,5,8-9H2,1-2H3,(H,18,19). The number of hydrogen-bond acceptors (Lipinski definition) is 3. The average molecular weight is 298 g/mol. The molecule has 5 heteroatoms. The second-order valence-electron chi connectivity index (χ2n) is 5.36. The first-order chi connectivity index (χ1) is 9.51. The molecule has 1 saturated heterocycles. The molecule has 2 unspecified atom stereocenters. The summed E-state index contributed by atoms with van der Waals surface area (Å²) in [7, 11) is 1.59. The van der Waals surface area contributed by atoms with Crippen molar-refractivity contribution in [2.45, 2.75) is 32.4 Å². The molecule has 4 nitrogen and oxygen atoms in total. The molecule has 0 bridgehead atoms. The number of carboxylic acids is 1. The third kappa shape index (κ3) is 3.44. The van der Waals surface area contributed by atoms with Gasteiger partial charge in [-0.25, -0.2) is 0 Å². The summed E-state index contributed by atoms with van der Waals surface area (Å²) in [6, 6.07) is 6.10. The summed E-state index contributed by atoms with van der Waals surface area (Å²) in [4.78, 5) is 13.3. The van der Waals surface area contributed by atoms with E-state index in [0.717, 1.165) is 18.4 Å².